The van der Waals surface area contributed by atoms with Crippen LogP contribution in [0.4, 0.5) is 11.5 Å². The average Bonchev–Trinajstić information content (AvgIpc) is 2.28. The molecule has 1 aromatic rings. The van der Waals surface area contributed by atoms with E-state index in [2.05, 4.69) is 20.2 Å². The Morgan fingerprint density at radius 1 is 1.62 bits per heavy atom. The molecule has 1 aromatic heterocycles. The van der Waals surface area contributed by atoms with Gasteiger partial charge in [0.25, 0.3) is 0 Å². The second-order valence-electron chi connectivity index (χ2n) is 4.16. The van der Waals surface area contributed by atoms with Gasteiger partial charge in [0.1, 0.15) is 0 Å². The van der Waals surface area contributed by atoms with Crippen molar-refractivity contribution in [3.63, 3.8) is 0 Å². The van der Waals surface area contributed by atoms with Gasteiger partial charge < -0.3 is 15.3 Å². The van der Waals surface area contributed by atoms with E-state index in [9.17, 15) is 4.79 Å². The van der Waals surface area contributed by atoms with Gasteiger partial charge in [-0.15, -0.1) is 0 Å². The monoisotopic (exact) mass is 220 g/mol. The van der Waals surface area contributed by atoms with Crippen molar-refractivity contribution in [3.05, 3.63) is 12.0 Å². The first-order chi connectivity index (χ1) is 7.74. The second kappa shape index (κ2) is 3.33. The van der Waals surface area contributed by atoms with Gasteiger partial charge in [0, 0.05) is 19.1 Å². The summed E-state index contributed by atoms with van der Waals surface area (Å²) in [5, 5.41) is 12.1. The van der Waals surface area contributed by atoms with E-state index in [4.69, 9.17) is 5.11 Å². The molecule has 3 rings (SSSR count). The number of carboxylic acids is 1. The van der Waals surface area contributed by atoms with Crippen molar-refractivity contribution in [2.45, 2.75) is 18.9 Å². The van der Waals surface area contributed by atoms with Crippen LogP contribution in [0.25, 0.3) is 0 Å². The summed E-state index contributed by atoms with van der Waals surface area (Å²) in [7, 11) is 0. The lowest BCUT2D eigenvalue weighted by Gasteiger charge is -2.40. The molecule has 0 spiro atoms. The molecule has 6 heteroatoms. The minimum absolute atomic E-state index is 0.146. The fourth-order valence-corrected chi connectivity index (χ4v) is 2.32. The minimum atomic E-state index is -1.09. The van der Waals surface area contributed by atoms with Crippen LogP contribution >= 0.6 is 0 Å². The maximum atomic E-state index is 10.8. The molecule has 0 aromatic carbocycles. The van der Waals surface area contributed by atoms with Crippen LogP contribution < -0.4 is 10.2 Å². The number of aromatic nitrogens is 2. The van der Waals surface area contributed by atoms with Gasteiger partial charge in [-0.25, -0.2) is 14.8 Å². The third-order valence-electron chi connectivity index (χ3n) is 3.06. The van der Waals surface area contributed by atoms with Gasteiger partial charge in [-0.2, -0.15) is 0 Å². The first-order valence-corrected chi connectivity index (χ1v) is 5.36. The number of anilines is 2. The fourth-order valence-electron chi connectivity index (χ4n) is 2.32. The van der Waals surface area contributed by atoms with E-state index < -0.39 is 5.97 Å². The van der Waals surface area contributed by atoms with Crippen molar-refractivity contribution in [3.8, 4) is 0 Å². The Kier molecular flexibility index (Phi) is 1.95. The SMILES string of the molecule is O=C(O)c1ncc2c(n1)N[C@H]1CCCN2C1. The van der Waals surface area contributed by atoms with Crippen molar-refractivity contribution in [2.24, 2.45) is 0 Å². The van der Waals surface area contributed by atoms with Crippen molar-refractivity contribution in [1.29, 1.82) is 0 Å². The van der Waals surface area contributed by atoms with E-state index >= 15 is 0 Å². The number of aromatic carboxylic acids is 1. The molecule has 0 unspecified atom stereocenters. The molecule has 1 saturated heterocycles. The summed E-state index contributed by atoms with van der Waals surface area (Å²) >= 11 is 0. The molecule has 16 heavy (non-hydrogen) atoms. The van der Waals surface area contributed by atoms with Crippen LogP contribution in [0.5, 0.6) is 0 Å². The molecule has 0 aliphatic carbocycles. The summed E-state index contributed by atoms with van der Waals surface area (Å²) in [5.74, 6) is -0.578. The number of carboxylic acid groups (broad SMARTS) is 1. The zero-order valence-corrected chi connectivity index (χ0v) is 8.68. The second-order valence-corrected chi connectivity index (χ2v) is 4.16. The Labute approximate surface area is 92.3 Å². The summed E-state index contributed by atoms with van der Waals surface area (Å²) < 4.78 is 0. The van der Waals surface area contributed by atoms with E-state index in [0.717, 1.165) is 31.6 Å². The third-order valence-corrected chi connectivity index (χ3v) is 3.06. The van der Waals surface area contributed by atoms with Crippen LogP contribution in [0.1, 0.15) is 23.5 Å². The van der Waals surface area contributed by atoms with Gasteiger partial charge >= 0.3 is 5.97 Å². The average molecular weight is 220 g/mol. The molecule has 1 fully saturated rings. The summed E-state index contributed by atoms with van der Waals surface area (Å²) in [5.41, 5.74) is 0.918. The normalized spacial score (nSPS) is 22.2. The smallest absolute Gasteiger partial charge is 0.374 e. The number of carbonyl (C=O) groups is 1. The number of nitrogens with one attached hydrogen (secondary N) is 1. The summed E-state index contributed by atoms with van der Waals surface area (Å²) in [6, 6.07) is 0.387. The molecule has 0 radical (unpaired) electrons. The van der Waals surface area contributed by atoms with Crippen molar-refractivity contribution >= 4 is 17.5 Å². The van der Waals surface area contributed by atoms with Crippen molar-refractivity contribution in [1.82, 2.24) is 9.97 Å². The molecular formula is C10H12N4O2. The van der Waals surface area contributed by atoms with E-state index in [0.29, 0.717) is 11.9 Å². The van der Waals surface area contributed by atoms with Gasteiger partial charge in [0.2, 0.25) is 5.82 Å². The Morgan fingerprint density at radius 3 is 3.31 bits per heavy atom. The highest BCUT2D eigenvalue weighted by Gasteiger charge is 2.29. The molecule has 0 amide bonds. The maximum absolute atomic E-state index is 10.8. The van der Waals surface area contributed by atoms with Gasteiger partial charge in [-0.1, -0.05) is 0 Å². The Balaban J connectivity index is 2.03. The van der Waals surface area contributed by atoms with Crippen LogP contribution in [0, 0.1) is 0 Å². The highest BCUT2D eigenvalue weighted by atomic mass is 16.4. The predicted molar refractivity (Wildman–Crippen MR) is 57.8 cm³/mol. The standard InChI is InChI=1S/C10H12N4O2/c15-10(16)9-11-4-7-8(13-9)12-6-2-1-3-14(7)5-6/h4,6H,1-3,5H2,(H,15,16)(H,11,12,13)/t6-/m0/s1. The summed E-state index contributed by atoms with van der Waals surface area (Å²) in [6.07, 6.45) is 3.86. The van der Waals surface area contributed by atoms with E-state index in [1.807, 2.05) is 0 Å². The summed E-state index contributed by atoms with van der Waals surface area (Å²) in [6.45, 7) is 1.96. The van der Waals surface area contributed by atoms with E-state index in [-0.39, 0.29) is 5.82 Å². The Hall–Kier alpha value is -1.85. The van der Waals surface area contributed by atoms with Gasteiger partial charge in [0.15, 0.2) is 5.82 Å². The fraction of sp³-hybridized carbons (Fsp3) is 0.500. The molecule has 84 valence electrons. The van der Waals surface area contributed by atoms with Crippen LogP contribution in [-0.2, 0) is 0 Å². The van der Waals surface area contributed by atoms with Crippen LogP contribution in [0.15, 0.2) is 6.20 Å². The largest absolute Gasteiger partial charge is 0.475 e. The molecular weight excluding hydrogens is 208 g/mol. The quantitative estimate of drug-likeness (QED) is 0.720. The van der Waals surface area contributed by atoms with Gasteiger partial charge in [-0.05, 0) is 12.8 Å². The lowest BCUT2D eigenvalue weighted by Crippen LogP contribution is -2.46. The van der Waals surface area contributed by atoms with Crippen LogP contribution in [0.3, 0.4) is 0 Å². The topological polar surface area (TPSA) is 78.3 Å². The van der Waals surface area contributed by atoms with Crippen LogP contribution in [-0.4, -0.2) is 40.2 Å². The number of hydrogen-bond donors (Lipinski definition) is 2. The first-order valence-electron chi connectivity index (χ1n) is 5.36. The predicted octanol–water partition coefficient (Wildman–Crippen LogP) is 0.569. The number of hydrogen-bond acceptors (Lipinski definition) is 5. The van der Waals surface area contributed by atoms with E-state index in [1.165, 1.54) is 0 Å². The van der Waals surface area contributed by atoms with Crippen LogP contribution in [0.2, 0.25) is 0 Å². The zero-order valence-electron chi connectivity index (χ0n) is 8.68. The number of rotatable bonds is 1. The maximum Gasteiger partial charge on any atom is 0.374 e. The molecule has 2 aliphatic heterocycles. The Bertz CT molecular complexity index is 448. The van der Waals surface area contributed by atoms with Gasteiger partial charge in [-0.3, -0.25) is 0 Å². The zero-order chi connectivity index (χ0) is 11.1. The van der Waals surface area contributed by atoms with Crippen molar-refractivity contribution < 1.29 is 9.90 Å². The first kappa shape index (κ1) is 9.38. The molecule has 2 bridgehead atoms. The Morgan fingerprint density at radius 2 is 2.50 bits per heavy atom. The minimum Gasteiger partial charge on any atom is -0.475 e. The molecule has 3 heterocycles. The van der Waals surface area contributed by atoms with Gasteiger partial charge in [0.05, 0.1) is 11.9 Å². The molecule has 2 aliphatic rings. The number of piperidine rings is 1. The highest BCUT2D eigenvalue weighted by Crippen LogP contribution is 2.32. The molecule has 0 saturated carbocycles. The molecule has 2 N–H and O–H groups in total. The van der Waals surface area contributed by atoms with Crippen molar-refractivity contribution in [2.75, 3.05) is 23.3 Å². The highest BCUT2D eigenvalue weighted by molar-refractivity contribution is 5.84. The lowest BCUT2D eigenvalue weighted by molar-refractivity contribution is 0.0683. The number of fused-ring (bicyclic) bond motifs is 4. The molecule has 6 nitrogen and oxygen atoms in total. The van der Waals surface area contributed by atoms with E-state index in [1.54, 1.807) is 6.20 Å². The third kappa shape index (κ3) is 1.37. The summed E-state index contributed by atoms with van der Waals surface area (Å²) in [4.78, 5) is 20.9. The number of nitrogens with zero attached hydrogens (tertiary/aromatic N) is 3. The lowest BCUT2D eigenvalue weighted by atomic mass is 10.0. The molecule has 1 atom stereocenters.